The summed E-state index contributed by atoms with van der Waals surface area (Å²) in [5.41, 5.74) is 3.02. The van der Waals surface area contributed by atoms with Crippen molar-refractivity contribution in [1.29, 1.82) is 0 Å². The summed E-state index contributed by atoms with van der Waals surface area (Å²) in [6.07, 6.45) is -0.721. The minimum absolute atomic E-state index is 0.0999. The predicted molar refractivity (Wildman–Crippen MR) is 113 cm³/mol. The molecule has 0 spiro atoms. The minimum atomic E-state index is -1.32. The summed E-state index contributed by atoms with van der Waals surface area (Å²) in [4.78, 5) is 22.1. The zero-order valence-corrected chi connectivity index (χ0v) is 16.6. The smallest absolute Gasteiger partial charge is 0.407 e. The molecule has 0 radical (unpaired) electrons. The zero-order chi connectivity index (χ0) is 22.7. The van der Waals surface area contributed by atoms with Crippen molar-refractivity contribution in [3.63, 3.8) is 0 Å². The van der Waals surface area contributed by atoms with Crippen LogP contribution >= 0.6 is 0 Å². The van der Waals surface area contributed by atoms with Gasteiger partial charge in [-0.05, 0) is 28.3 Å². The van der Waals surface area contributed by atoms with Gasteiger partial charge in [0.15, 0.2) is 0 Å². The number of benzene rings is 3. The van der Waals surface area contributed by atoms with Gasteiger partial charge in [0.1, 0.15) is 18.0 Å². The molecular weight excluding hydrogens is 418 g/mol. The first-order valence-electron chi connectivity index (χ1n) is 9.67. The molecule has 160 valence electrons. The van der Waals surface area contributed by atoms with E-state index in [1.54, 1.807) is 0 Å². The van der Waals surface area contributed by atoms with E-state index in [0.717, 1.165) is 28.3 Å². The van der Waals surface area contributed by atoms with Gasteiger partial charge in [-0.2, -0.15) is 4.39 Å². The molecule has 32 heavy (non-hydrogen) atoms. The van der Waals surface area contributed by atoms with E-state index >= 15 is 0 Å². The van der Waals surface area contributed by atoms with Gasteiger partial charge in [0.2, 0.25) is 5.82 Å². The number of fused-ring (bicyclic) bond motifs is 3. The molecule has 0 fully saturated rings. The Morgan fingerprint density at radius 2 is 1.69 bits per heavy atom. The van der Waals surface area contributed by atoms with Gasteiger partial charge in [-0.3, -0.25) is 10.1 Å². The van der Waals surface area contributed by atoms with Gasteiger partial charge >= 0.3 is 11.8 Å². The number of alkyl carbamates (subject to hydrolysis) is 1. The van der Waals surface area contributed by atoms with Gasteiger partial charge in [0.05, 0.1) is 11.5 Å². The monoisotopic (exact) mass is 434 g/mol. The number of carbonyl (C=O) groups excluding carboxylic acids is 1. The summed E-state index contributed by atoms with van der Waals surface area (Å²) in [5, 5.41) is 13.4. The summed E-state index contributed by atoms with van der Waals surface area (Å²) in [5.74, 6) is 2.35. The molecule has 0 saturated heterocycles. The molecule has 1 aliphatic rings. The van der Waals surface area contributed by atoms with Gasteiger partial charge in [-0.25, -0.2) is 9.18 Å². The van der Waals surface area contributed by atoms with Crippen LogP contribution < -0.4 is 5.32 Å². The van der Waals surface area contributed by atoms with Gasteiger partial charge in [-0.15, -0.1) is 0 Å². The fraction of sp³-hybridized carbons (Fsp3) is 0.125. The van der Waals surface area contributed by atoms with Crippen LogP contribution in [0.4, 0.5) is 19.3 Å². The molecule has 3 aromatic carbocycles. The van der Waals surface area contributed by atoms with Crippen LogP contribution in [0.25, 0.3) is 11.1 Å². The first kappa shape index (κ1) is 21.0. The van der Waals surface area contributed by atoms with E-state index in [1.807, 2.05) is 48.5 Å². The Labute approximate surface area is 182 Å². The van der Waals surface area contributed by atoms with Gasteiger partial charge < -0.3 is 10.1 Å². The number of nitro benzene ring substituents is 1. The van der Waals surface area contributed by atoms with Gasteiger partial charge in [0, 0.05) is 12.0 Å². The van der Waals surface area contributed by atoms with E-state index in [0.29, 0.717) is 6.07 Å². The molecule has 0 bridgehead atoms. The Morgan fingerprint density at radius 1 is 1.06 bits per heavy atom. The van der Waals surface area contributed by atoms with Crippen molar-refractivity contribution in [1.82, 2.24) is 5.32 Å². The average Bonchev–Trinajstić information content (AvgIpc) is 3.08. The second-order valence-electron chi connectivity index (χ2n) is 7.02. The number of nitrogens with zero attached hydrogens (tertiary/aromatic N) is 1. The summed E-state index contributed by atoms with van der Waals surface area (Å²) >= 11 is 0. The predicted octanol–water partition coefficient (Wildman–Crippen LogP) is 4.76. The fourth-order valence-corrected chi connectivity index (χ4v) is 3.75. The van der Waals surface area contributed by atoms with Gasteiger partial charge in [0.25, 0.3) is 0 Å². The molecule has 0 heterocycles. The molecule has 1 amide bonds. The van der Waals surface area contributed by atoms with Crippen LogP contribution in [0, 0.1) is 33.6 Å². The van der Waals surface area contributed by atoms with E-state index in [1.165, 1.54) is 0 Å². The second-order valence-corrected chi connectivity index (χ2v) is 7.02. The lowest BCUT2D eigenvalue weighted by Gasteiger charge is -2.14. The highest BCUT2D eigenvalue weighted by molar-refractivity contribution is 5.79. The number of ether oxygens (including phenoxy) is 1. The number of carbonyl (C=O) groups is 1. The summed E-state index contributed by atoms with van der Waals surface area (Å²) in [7, 11) is 0. The number of amides is 1. The molecule has 0 saturated carbocycles. The molecule has 3 aromatic rings. The Bertz CT molecular complexity index is 1230. The van der Waals surface area contributed by atoms with Crippen molar-refractivity contribution in [2.45, 2.75) is 5.92 Å². The van der Waals surface area contributed by atoms with E-state index < -0.39 is 33.9 Å². The van der Waals surface area contributed by atoms with Crippen LogP contribution in [0.1, 0.15) is 22.6 Å². The summed E-state index contributed by atoms with van der Waals surface area (Å²) < 4.78 is 32.3. The van der Waals surface area contributed by atoms with Crippen LogP contribution in [0.5, 0.6) is 0 Å². The van der Waals surface area contributed by atoms with Crippen LogP contribution in [0.3, 0.4) is 0 Å². The highest BCUT2D eigenvalue weighted by atomic mass is 19.1. The number of halogens is 2. The molecular formula is C24H16F2N2O4. The van der Waals surface area contributed by atoms with E-state index in [4.69, 9.17) is 4.74 Å². The first-order chi connectivity index (χ1) is 15.5. The lowest BCUT2D eigenvalue weighted by Crippen LogP contribution is -2.26. The van der Waals surface area contributed by atoms with Crippen LogP contribution in [-0.2, 0) is 4.74 Å². The number of nitro groups is 1. The molecule has 8 heteroatoms. The maximum absolute atomic E-state index is 13.6. The normalized spacial score (nSPS) is 11.7. The quantitative estimate of drug-likeness (QED) is 0.365. The molecule has 1 N–H and O–H groups in total. The Balaban J connectivity index is 1.39. The van der Waals surface area contributed by atoms with Crippen molar-refractivity contribution in [2.75, 3.05) is 13.2 Å². The third-order valence-electron chi connectivity index (χ3n) is 5.10. The van der Waals surface area contributed by atoms with Crippen LogP contribution in [0.2, 0.25) is 0 Å². The van der Waals surface area contributed by atoms with Crippen LogP contribution in [-0.4, -0.2) is 24.2 Å². The lowest BCUT2D eigenvalue weighted by molar-refractivity contribution is -0.387. The lowest BCUT2D eigenvalue weighted by atomic mass is 9.98. The average molecular weight is 434 g/mol. The summed E-state index contributed by atoms with van der Waals surface area (Å²) in [6.45, 7) is -0.0974. The van der Waals surface area contributed by atoms with Gasteiger partial charge in [-0.1, -0.05) is 60.4 Å². The standard InChI is InChI=1S/C24H16F2N2O4/c25-16-12-15(23(28(30)31)22(26)13-16)6-5-11-27-24(29)32-14-21-19-9-3-1-7-17(19)18-8-2-4-10-20(18)21/h1-4,7-10,12-13,21H,11,14H2,(H,27,29). The van der Waals surface area contributed by atoms with Crippen molar-refractivity contribution in [3.8, 4) is 23.0 Å². The topological polar surface area (TPSA) is 81.5 Å². The molecule has 6 nitrogen and oxygen atoms in total. The fourth-order valence-electron chi connectivity index (χ4n) is 3.75. The number of nitrogens with one attached hydrogen (secondary N) is 1. The van der Waals surface area contributed by atoms with Crippen molar-refractivity contribution < 1.29 is 23.2 Å². The molecule has 0 aliphatic heterocycles. The van der Waals surface area contributed by atoms with Crippen molar-refractivity contribution in [2.24, 2.45) is 0 Å². The highest BCUT2D eigenvalue weighted by Crippen LogP contribution is 2.44. The first-order valence-corrected chi connectivity index (χ1v) is 9.67. The van der Waals surface area contributed by atoms with E-state index in [-0.39, 0.29) is 19.1 Å². The van der Waals surface area contributed by atoms with E-state index in [2.05, 4.69) is 17.2 Å². The Morgan fingerprint density at radius 3 is 2.31 bits per heavy atom. The third-order valence-corrected chi connectivity index (χ3v) is 5.10. The number of hydrogen-bond acceptors (Lipinski definition) is 4. The van der Waals surface area contributed by atoms with Crippen molar-refractivity contribution in [3.05, 3.63) is 99.1 Å². The SMILES string of the molecule is O=C(NCC#Cc1cc(F)cc(F)c1[N+](=O)[O-])OCC1c2ccccc2-c2ccccc21. The molecule has 0 atom stereocenters. The third kappa shape index (κ3) is 4.14. The van der Waals surface area contributed by atoms with E-state index in [9.17, 15) is 23.7 Å². The molecule has 4 rings (SSSR count). The molecule has 0 unspecified atom stereocenters. The van der Waals surface area contributed by atoms with Crippen LogP contribution in [0.15, 0.2) is 60.7 Å². The maximum Gasteiger partial charge on any atom is 0.407 e. The number of hydrogen-bond donors (Lipinski definition) is 1. The minimum Gasteiger partial charge on any atom is -0.449 e. The maximum atomic E-state index is 13.6. The number of rotatable bonds is 4. The summed E-state index contributed by atoms with van der Waals surface area (Å²) in [6, 6.07) is 17.0. The molecule has 1 aliphatic carbocycles. The van der Waals surface area contributed by atoms with Crippen molar-refractivity contribution >= 4 is 11.8 Å². The highest BCUT2D eigenvalue weighted by Gasteiger charge is 2.29. The molecule has 0 aromatic heterocycles. The Kier molecular flexibility index (Phi) is 5.81. The Hall–Kier alpha value is -4.25. The zero-order valence-electron chi connectivity index (χ0n) is 16.6. The second kappa shape index (κ2) is 8.86. The largest absolute Gasteiger partial charge is 0.449 e.